The Morgan fingerprint density at radius 2 is 2.40 bits per heavy atom. The van der Waals surface area contributed by atoms with E-state index in [0.717, 1.165) is 18.4 Å². The second kappa shape index (κ2) is 5.66. The third kappa shape index (κ3) is 3.47. The quantitative estimate of drug-likeness (QED) is 0.757. The lowest BCUT2D eigenvalue weighted by Gasteiger charge is -2.09. The summed E-state index contributed by atoms with van der Waals surface area (Å²) >= 11 is 0. The lowest BCUT2D eigenvalue weighted by Crippen LogP contribution is -2.23. The van der Waals surface area contributed by atoms with Gasteiger partial charge in [-0.1, -0.05) is 6.92 Å². The zero-order valence-corrected chi connectivity index (χ0v) is 9.44. The number of carbonyl (C=O) groups excluding carboxylic acids is 1. The van der Waals surface area contributed by atoms with Crippen molar-refractivity contribution in [3.8, 4) is 0 Å². The number of rotatable bonds is 6. The number of nitrogens with two attached hydrogens (primary N) is 1. The fraction of sp³-hybridized carbons (Fsp3) is 0.636. The Bertz CT molecular complexity index is 315. The van der Waals surface area contributed by atoms with E-state index in [4.69, 9.17) is 5.73 Å². The number of hydrogen-bond donors (Lipinski definition) is 1. The molecule has 1 rings (SSSR count). The van der Waals surface area contributed by atoms with Crippen molar-refractivity contribution in [3.63, 3.8) is 0 Å². The number of aryl methyl sites for hydroxylation is 2. The molecule has 1 heterocycles. The average Bonchev–Trinajstić information content (AvgIpc) is 2.63. The molecule has 0 aliphatic heterocycles. The van der Waals surface area contributed by atoms with Crippen LogP contribution < -0.4 is 5.73 Å². The molecule has 0 aliphatic carbocycles. The van der Waals surface area contributed by atoms with Gasteiger partial charge in [-0.2, -0.15) is 5.10 Å². The number of hydrogen-bond acceptors (Lipinski definition) is 3. The number of aromatic nitrogens is 2. The fourth-order valence-electron chi connectivity index (χ4n) is 1.60. The molecule has 0 saturated carbocycles. The molecule has 0 amide bonds. The maximum absolute atomic E-state index is 11.7. The molecule has 84 valence electrons. The number of Topliss-reactive ketones (excluding diaryl/α,β-unsaturated/α-hetero) is 1. The van der Waals surface area contributed by atoms with Crippen molar-refractivity contribution in [2.24, 2.45) is 18.7 Å². The van der Waals surface area contributed by atoms with E-state index >= 15 is 0 Å². The molecule has 0 bridgehead atoms. The van der Waals surface area contributed by atoms with Crippen LogP contribution in [0.1, 0.15) is 25.3 Å². The van der Waals surface area contributed by atoms with Gasteiger partial charge in [0.05, 0.1) is 6.20 Å². The minimum absolute atomic E-state index is 0.0293. The molecule has 0 radical (unpaired) electrons. The first kappa shape index (κ1) is 11.9. The fourth-order valence-corrected chi connectivity index (χ4v) is 1.60. The normalized spacial score (nSPS) is 12.7. The van der Waals surface area contributed by atoms with Gasteiger partial charge >= 0.3 is 0 Å². The van der Waals surface area contributed by atoms with Crippen molar-refractivity contribution >= 4 is 5.78 Å². The molecule has 2 N–H and O–H groups in total. The summed E-state index contributed by atoms with van der Waals surface area (Å²) in [5, 5.41) is 4.06. The van der Waals surface area contributed by atoms with E-state index in [1.165, 1.54) is 0 Å². The van der Waals surface area contributed by atoms with Crippen LogP contribution >= 0.6 is 0 Å². The van der Waals surface area contributed by atoms with Crippen molar-refractivity contribution in [1.82, 2.24) is 9.78 Å². The van der Waals surface area contributed by atoms with Crippen LogP contribution in [0.4, 0.5) is 0 Å². The van der Waals surface area contributed by atoms with Crippen molar-refractivity contribution in [1.29, 1.82) is 0 Å². The molecular formula is C11H19N3O. The van der Waals surface area contributed by atoms with Crippen LogP contribution in [0.15, 0.2) is 12.4 Å². The molecule has 0 saturated heterocycles. The summed E-state index contributed by atoms with van der Waals surface area (Å²) in [5.41, 5.74) is 6.63. The van der Waals surface area contributed by atoms with Gasteiger partial charge in [-0.05, 0) is 18.4 Å². The summed E-state index contributed by atoms with van der Waals surface area (Å²) in [7, 11) is 1.88. The third-order valence-corrected chi connectivity index (χ3v) is 2.65. The lowest BCUT2D eigenvalue weighted by molar-refractivity contribution is -0.122. The zero-order valence-electron chi connectivity index (χ0n) is 9.44. The first-order valence-corrected chi connectivity index (χ1v) is 5.37. The van der Waals surface area contributed by atoms with E-state index in [9.17, 15) is 4.79 Å². The van der Waals surface area contributed by atoms with Gasteiger partial charge in [0.25, 0.3) is 0 Å². The van der Waals surface area contributed by atoms with Gasteiger partial charge in [-0.3, -0.25) is 9.48 Å². The summed E-state index contributed by atoms with van der Waals surface area (Å²) in [4.78, 5) is 11.7. The lowest BCUT2D eigenvalue weighted by atomic mass is 9.97. The highest BCUT2D eigenvalue weighted by Crippen LogP contribution is 2.08. The Morgan fingerprint density at radius 3 is 2.87 bits per heavy atom. The van der Waals surface area contributed by atoms with Crippen LogP contribution in [0.5, 0.6) is 0 Å². The van der Waals surface area contributed by atoms with E-state index in [-0.39, 0.29) is 11.7 Å². The van der Waals surface area contributed by atoms with Gasteiger partial charge in [0, 0.05) is 32.1 Å². The van der Waals surface area contributed by atoms with Gasteiger partial charge in [-0.15, -0.1) is 0 Å². The summed E-state index contributed by atoms with van der Waals surface area (Å²) in [6.45, 7) is 2.46. The number of carbonyl (C=O) groups is 1. The summed E-state index contributed by atoms with van der Waals surface area (Å²) in [5.74, 6) is 0.297. The average molecular weight is 209 g/mol. The second-order valence-electron chi connectivity index (χ2n) is 3.83. The van der Waals surface area contributed by atoms with Gasteiger partial charge < -0.3 is 5.73 Å². The van der Waals surface area contributed by atoms with Crippen molar-refractivity contribution < 1.29 is 4.79 Å². The minimum Gasteiger partial charge on any atom is -0.330 e. The maximum Gasteiger partial charge on any atom is 0.137 e. The third-order valence-electron chi connectivity index (χ3n) is 2.65. The van der Waals surface area contributed by atoms with E-state index < -0.39 is 0 Å². The highest BCUT2D eigenvalue weighted by molar-refractivity contribution is 5.81. The predicted molar refractivity (Wildman–Crippen MR) is 59.4 cm³/mol. The molecule has 1 unspecified atom stereocenters. The highest BCUT2D eigenvalue weighted by atomic mass is 16.1. The minimum atomic E-state index is 0.0293. The first-order valence-electron chi connectivity index (χ1n) is 5.37. The molecule has 4 nitrogen and oxygen atoms in total. The summed E-state index contributed by atoms with van der Waals surface area (Å²) in [6, 6.07) is 0. The van der Waals surface area contributed by atoms with E-state index in [1.807, 2.05) is 20.2 Å². The van der Waals surface area contributed by atoms with E-state index in [1.54, 1.807) is 10.9 Å². The second-order valence-corrected chi connectivity index (χ2v) is 3.83. The molecule has 0 aliphatic rings. The summed E-state index contributed by atoms with van der Waals surface area (Å²) < 4.78 is 1.75. The number of nitrogens with zero attached hydrogens (tertiary/aromatic N) is 2. The zero-order chi connectivity index (χ0) is 11.3. The molecule has 1 atom stereocenters. The molecule has 1 aromatic heterocycles. The molecule has 0 fully saturated rings. The van der Waals surface area contributed by atoms with Gasteiger partial charge in [0.15, 0.2) is 0 Å². The SMILES string of the molecule is CCC(CN)C(=O)CCc1cnn(C)c1. The Balaban J connectivity index is 2.40. The molecule has 0 spiro atoms. The van der Waals surface area contributed by atoms with E-state index in [0.29, 0.717) is 13.0 Å². The molecule has 15 heavy (non-hydrogen) atoms. The van der Waals surface area contributed by atoms with Crippen molar-refractivity contribution in [2.45, 2.75) is 26.2 Å². The van der Waals surface area contributed by atoms with Gasteiger partial charge in [-0.25, -0.2) is 0 Å². The molecule has 4 heteroatoms. The van der Waals surface area contributed by atoms with Crippen molar-refractivity contribution in [2.75, 3.05) is 6.54 Å². The van der Waals surface area contributed by atoms with Crippen LogP contribution in [0.25, 0.3) is 0 Å². The Hall–Kier alpha value is -1.16. The first-order chi connectivity index (χ1) is 7.17. The standard InChI is InChI=1S/C11H19N3O/c1-3-10(6-12)11(15)5-4-9-7-13-14(2)8-9/h7-8,10H,3-6,12H2,1-2H3. The van der Waals surface area contributed by atoms with Crippen LogP contribution in [0.2, 0.25) is 0 Å². The Morgan fingerprint density at radius 1 is 1.67 bits per heavy atom. The van der Waals surface area contributed by atoms with Crippen molar-refractivity contribution in [3.05, 3.63) is 18.0 Å². The maximum atomic E-state index is 11.7. The van der Waals surface area contributed by atoms with Gasteiger partial charge in [0.2, 0.25) is 0 Å². The molecular weight excluding hydrogens is 190 g/mol. The molecule has 0 aromatic carbocycles. The molecule has 1 aromatic rings. The summed E-state index contributed by atoms with van der Waals surface area (Å²) in [6.07, 6.45) is 5.92. The Labute approximate surface area is 90.5 Å². The van der Waals surface area contributed by atoms with Crippen LogP contribution in [-0.4, -0.2) is 22.1 Å². The highest BCUT2D eigenvalue weighted by Gasteiger charge is 2.14. The topological polar surface area (TPSA) is 60.9 Å². The van der Waals surface area contributed by atoms with E-state index in [2.05, 4.69) is 5.10 Å². The smallest absolute Gasteiger partial charge is 0.137 e. The Kier molecular flexibility index (Phi) is 4.49. The van der Waals surface area contributed by atoms with Gasteiger partial charge in [0.1, 0.15) is 5.78 Å². The number of ketones is 1. The predicted octanol–water partition coefficient (Wildman–Crippen LogP) is 0.907. The van der Waals surface area contributed by atoms with Crippen LogP contribution in [-0.2, 0) is 18.3 Å². The van der Waals surface area contributed by atoms with Crippen LogP contribution in [0.3, 0.4) is 0 Å². The van der Waals surface area contributed by atoms with Crippen LogP contribution in [0, 0.1) is 5.92 Å². The monoisotopic (exact) mass is 209 g/mol. The largest absolute Gasteiger partial charge is 0.330 e.